The number of nitrogens with one attached hydrogen (secondary N) is 1. The van der Waals surface area contributed by atoms with Crippen LogP contribution in [0.25, 0.3) is 0 Å². The Labute approximate surface area is 197 Å². The second-order valence-corrected chi connectivity index (χ2v) is 9.31. The quantitative estimate of drug-likeness (QED) is 0.348. The van der Waals surface area contributed by atoms with E-state index in [1.165, 1.54) is 16.2 Å². The van der Waals surface area contributed by atoms with Crippen molar-refractivity contribution in [1.82, 2.24) is 10.2 Å². The van der Waals surface area contributed by atoms with Crippen LogP contribution in [-0.4, -0.2) is 57.6 Å². The summed E-state index contributed by atoms with van der Waals surface area (Å²) in [6.45, 7) is 0.683. The zero-order valence-corrected chi connectivity index (χ0v) is 19.3. The summed E-state index contributed by atoms with van der Waals surface area (Å²) >= 11 is 1.50. The molecule has 0 bridgehead atoms. The molecule has 0 aliphatic carbocycles. The van der Waals surface area contributed by atoms with Gasteiger partial charge in [-0.2, -0.15) is 0 Å². The van der Waals surface area contributed by atoms with Crippen molar-refractivity contribution in [3.05, 3.63) is 57.8 Å². The molecule has 178 valence electrons. The molecule has 0 saturated carbocycles. The molecule has 1 amide bonds. The minimum absolute atomic E-state index is 0.214. The van der Waals surface area contributed by atoms with E-state index in [9.17, 15) is 24.6 Å². The number of unbranched alkanes of at least 4 members (excludes halogenated alkanes) is 1. The van der Waals surface area contributed by atoms with Gasteiger partial charge in [-0.1, -0.05) is 36.8 Å². The van der Waals surface area contributed by atoms with Crippen molar-refractivity contribution in [2.45, 2.75) is 63.2 Å². The Morgan fingerprint density at radius 2 is 1.85 bits per heavy atom. The van der Waals surface area contributed by atoms with Crippen molar-refractivity contribution in [3.63, 3.8) is 0 Å². The number of hydrogen-bond acceptors (Lipinski definition) is 6. The van der Waals surface area contributed by atoms with Gasteiger partial charge < -0.3 is 20.8 Å². The van der Waals surface area contributed by atoms with Crippen molar-refractivity contribution in [2.75, 3.05) is 6.54 Å². The molecule has 2 aromatic rings. The van der Waals surface area contributed by atoms with Crippen molar-refractivity contribution < 1.29 is 24.6 Å². The molecule has 33 heavy (non-hydrogen) atoms. The highest BCUT2D eigenvalue weighted by atomic mass is 32.1. The summed E-state index contributed by atoms with van der Waals surface area (Å²) < 4.78 is 0. The average molecular weight is 474 g/mol. The van der Waals surface area contributed by atoms with E-state index in [2.05, 4.69) is 5.32 Å². The third-order valence-electron chi connectivity index (χ3n) is 6.01. The van der Waals surface area contributed by atoms with E-state index in [0.29, 0.717) is 38.6 Å². The molecule has 0 saturated heterocycles. The monoisotopic (exact) mass is 473 g/mol. The molecule has 0 unspecified atom stereocenters. The highest BCUT2D eigenvalue weighted by molar-refractivity contribution is 7.10. The normalized spacial score (nSPS) is 17.2. The first-order valence-corrected chi connectivity index (χ1v) is 12.1. The first-order valence-electron chi connectivity index (χ1n) is 11.2. The molecular weight excluding hydrogens is 442 g/mol. The number of fused-ring (bicyclic) bond motifs is 1. The van der Waals surface area contributed by atoms with E-state index >= 15 is 0 Å². The predicted octanol–water partition coefficient (Wildman–Crippen LogP) is 2.26. The maximum absolute atomic E-state index is 13.6. The molecule has 9 heteroatoms. The first-order chi connectivity index (χ1) is 15.9. The van der Waals surface area contributed by atoms with Gasteiger partial charge >= 0.3 is 11.9 Å². The molecular formula is C24H31N3O5S. The zero-order chi connectivity index (χ0) is 23.8. The number of nitrogens with two attached hydrogens (primary N) is 1. The number of benzene rings is 1. The third kappa shape index (κ3) is 6.63. The molecule has 3 rings (SSSR count). The van der Waals surface area contributed by atoms with E-state index in [4.69, 9.17) is 5.73 Å². The third-order valence-corrected chi connectivity index (χ3v) is 7.00. The summed E-state index contributed by atoms with van der Waals surface area (Å²) in [5.74, 6) is -2.46. The summed E-state index contributed by atoms with van der Waals surface area (Å²) in [6.07, 6.45) is 2.86. The molecule has 2 heterocycles. The van der Waals surface area contributed by atoms with Crippen LogP contribution in [0.15, 0.2) is 41.8 Å². The SMILES string of the molecule is NCCCC[C@H](N[C@@H](CCc1ccccc1)C(=O)O)C(=O)N1Cc2ccsc2C[C@@H]1C(=O)O. The Kier molecular flexibility index (Phi) is 8.99. The van der Waals surface area contributed by atoms with Crippen molar-refractivity contribution in [1.29, 1.82) is 0 Å². The summed E-state index contributed by atoms with van der Waals surface area (Å²) in [6, 6.07) is 8.80. The molecule has 8 nitrogen and oxygen atoms in total. The Hall–Kier alpha value is -2.75. The number of carbonyl (C=O) groups excluding carboxylic acids is 1. The summed E-state index contributed by atoms with van der Waals surface area (Å²) in [4.78, 5) is 39.9. The second kappa shape index (κ2) is 11.9. The maximum Gasteiger partial charge on any atom is 0.326 e. The number of hydrogen-bond donors (Lipinski definition) is 4. The van der Waals surface area contributed by atoms with Gasteiger partial charge in [0.15, 0.2) is 0 Å². The van der Waals surface area contributed by atoms with E-state index < -0.39 is 30.1 Å². The lowest BCUT2D eigenvalue weighted by atomic mass is 9.98. The largest absolute Gasteiger partial charge is 0.480 e. The van der Waals surface area contributed by atoms with Gasteiger partial charge in [-0.15, -0.1) is 11.3 Å². The Morgan fingerprint density at radius 1 is 1.09 bits per heavy atom. The van der Waals surface area contributed by atoms with Crippen molar-refractivity contribution in [3.8, 4) is 0 Å². The molecule has 1 aliphatic rings. The standard InChI is InChI=1S/C24H31N3O5S/c25-12-5-4-8-18(26-19(23(29)30)10-9-16-6-2-1-3-7-16)22(28)27-15-17-11-13-33-21(17)14-20(27)24(31)32/h1-3,6-7,11,13,18-20,26H,4-5,8-10,12,14-15,25H2,(H,29,30)(H,31,32)/t18-,19-,20+/m0/s1. The first kappa shape index (κ1) is 24.9. The van der Waals surface area contributed by atoms with Gasteiger partial charge in [0.1, 0.15) is 12.1 Å². The summed E-state index contributed by atoms with van der Waals surface area (Å²) in [5.41, 5.74) is 7.58. The number of carbonyl (C=O) groups is 3. The second-order valence-electron chi connectivity index (χ2n) is 8.31. The molecule has 1 aromatic heterocycles. The van der Waals surface area contributed by atoms with Crippen LogP contribution in [-0.2, 0) is 33.8 Å². The number of thiophene rings is 1. The Bertz CT molecular complexity index is 949. The van der Waals surface area contributed by atoms with E-state index in [0.717, 1.165) is 16.0 Å². The number of carboxylic acids is 2. The van der Waals surface area contributed by atoms with Gasteiger partial charge in [0.25, 0.3) is 0 Å². The lowest BCUT2D eigenvalue weighted by Gasteiger charge is -2.36. The van der Waals surface area contributed by atoms with Crippen LogP contribution in [0.3, 0.4) is 0 Å². The molecule has 5 N–H and O–H groups in total. The molecule has 0 radical (unpaired) electrons. The Balaban J connectivity index is 1.77. The number of carboxylic acid groups (broad SMARTS) is 2. The lowest BCUT2D eigenvalue weighted by Crippen LogP contribution is -2.57. The smallest absolute Gasteiger partial charge is 0.326 e. The fourth-order valence-corrected chi connectivity index (χ4v) is 5.10. The number of amides is 1. The zero-order valence-electron chi connectivity index (χ0n) is 18.5. The van der Waals surface area contributed by atoms with E-state index in [1.54, 1.807) is 0 Å². The molecule has 0 spiro atoms. The van der Waals surface area contributed by atoms with Crippen LogP contribution >= 0.6 is 11.3 Å². The fraction of sp³-hybridized carbons (Fsp3) is 0.458. The average Bonchev–Trinajstić information content (AvgIpc) is 3.27. The van der Waals surface area contributed by atoms with E-state index in [-0.39, 0.29) is 18.9 Å². The summed E-state index contributed by atoms with van der Waals surface area (Å²) in [7, 11) is 0. The lowest BCUT2D eigenvalue weighted by molar-refractivity contribution is -0.153. The van der Waals surface area contributed by atoms with E-state index in [1.807, 2.05) is 41.8 Å². The summed E-state index contributed by atoms with van der Waals surface area (Å²) in [5, 5.41) is 24.5. The van der Waals surface area contributed by atoms with Crippen LogP contribution in [0.4, 0.5) is 0 Å². The molecule has 0 fully saturated rings. The van der Waals surface area contributed by atoms with Crippen LogP contribution in [0.2, 0.25) is 0 Å². The van der Waals surface area contributed by atoms with Gasteiger partial charge in [-0.3, -0.25) is 14.9 Å². The highest BCUT2D eigenvalue weighted by Crippen LogP contribution is 2.29. The minimum atomic E-state index is -1.05. The van der Waals surface area contributed by atoms with Gasteiger partial charge in [-0.25, -0.2) is 4.79 Å². The number of aliphatic carboxylic acids is 2. The van der Waals surface area contributed by atoms with Crippen molar-refractivity contribution >= 4 is 29.2 Å². The molecule has 3 atom stereocenters. The van der Waals surface area contributed by atoms with Crippen LogP contribution in [0.1, 0.15) is 41.7 Å². The highest BCUT2D eigenvalue weighted by Gasteiger charge is 2.38. The number of nitrogens with zero attached hydrogens (tertiary/aromatic N) is 1. The van der Waals surface area contributed by atoms with Crippen LogP contribution < -0.4 is 11.1 Å². The van der Waals surface area contributed by atoms with Crippen LogP contribution in [0.5, 0.6) is 0 Å². The van der Waals surface area contributed by atoms with Gasteiger partial charge in [0.05, 0.1) is 6.04 Å². The van der Waals surface area contributed by atoms with Crippen molar-refractivity contribution in [2.24, 2.45) is 5.73 Å². The van der Waals surface area contributed by atoms with Gasteiger partial charge in [-0.05, 0) is 54.8 Å². The fourth-order valence-electron chi connectivity index (χ4n) is 4.17. The Morgan fingerprint density at radius 3 is 2.52 bits per heavy atom. The minimum Gasteiger partial charge on any atom is -0.480 e. The predicted molar refractivity (Wildman–Crippen MR) is 126 cm³/mol. The maximum atomic E-state index is 13.6. The number of rotatable bonds is 12. The molecule has 1 aromatic carbocycles. The van der Waals surface area contributed by atoms with Crippen LogP contribution in [0, 0.1) is 0 Å². The number of aryl methyl sites for hydroxylation is 1. The topological polar surface area (TPSA) is 133 Å². The molecule has 1 aliphatic heterocycles. The van der Waals surface area contributed by atoms with Gasteiger partial charge in [0.2, 0.25) is 5.91 Å². The van der Waals surface area contributed by atoms with Gasteiger partial charge in [0, 0.05) is 17.8 Å².